The Morgan fingerprint density at radius 2 is 1.96 bits per heavy atom. The summed E-state index contributed by atoms with van der Waals surface area (Å²) in [5, 5.41) is 12.0. The predicted molar refractivity (Wildman–Crippen MR) is 84.8 cm³/mol. The summed E-state index contributed by atoms with van der Waals surface area (Å²) < 4.78 is 37.6. The Bertz CT molecular complexity index is 610. The van der Waals surface area contributed by atoms with Crippen molar-refractivity contribution < 1.29 is 27.9 Å². The molecular formula is C16H18F3NO3S. The topological polar surface area (TPSA) is 66.4 Å². The SMILES string of the molecule is CC(Cc1ccc(C(F)(F)F)cc1)C(=O)NC1(C(=O)O)CCSC1. The van der Waals surface area contributed by atoms with E-state index in [1.807, 2.05) is 0 Å². The van der Waals surface area contributed by atoms with Crippen LogP contribution in [-0.4, -0.2) is 34.0 Å². The number of alkyl halides is 3. The van der Waals surface area contributed by atoms with Crippen LogP contribution in [0.2, 0.25) is 0 Å². The van der Waals surface area contributed by atoms with Crippen LogP contribution >= 0.6 is 11.8 Å². The van der Waals surface area contributed by atoms with E-state index in [0.29, 0.717) is 23.5 Å². The highest BCUT2D eigenvalue weighted by molar-refractivity contribution is 7.99. The minimum atomic E-state index is -4.39. The molecular weight excluding hydrogens is 343 g/mol. The first-order chi connectivity index (χ1) is 11.1. The van der Waals surface area contributed by atoms with Crippen LogP contribution in [0.25, 0.3) is 0 Å². The zero-order valence-electron chi connectivity index (χ0n) is 13.0. The van der Waals surface area contributed by atoms with Crippen LogP contribution in [0.15, 0.2) is 24.3 Å². The van der Waals surface area contributed by atoms with Gasteiger partial charge in [0, 0.05) is 11.7 Å². The van der Waals surface area contributed by atoms with Crippen LogP contribution in [0.5, 0.6) is 0 Å². The van der Waals surface area contributed by atoms with E-state index in [2.05, 4.69) is 5.32 Å². The largest absolute Gasteiger partial charge is 0.479 e. The molecule has 0 saturated carbocycles. The smallest absolute Gasteiger partial charge is 0.416 e. The number of hydrogen-bond donors (Lipinski definition) is 2. The molecule has 2 unspecified atom stereocenters. The Labute approximate surface area is 141 Å². The van der Waals surface area contributed by atoms with Crippen molar-refractivity contribution in [2.75, 3.05) is 11.5 Å². The number of nitrogens with one attached hydrogen (secondary N) is 1. The van der Waals surface area contributed by atoms with Crippen molar-refractivity contribution in [1.29, 1.82) is 0 Å². The van der Waals surface area contributed by atoms with Gasteiger partial charge >= 0.3 is 12.1 Å². The molecule has 4 nitrogen and oxygen atoms in total. The van der Waals surface area contributed by atoms with E-state index in [9.17, 15) is 27.9 Å². The molecule has 24 heavy (non-hydrogen) atoms. The van der Waals surface area contributed by atoms with Crippen LogP contribution < -0.4 is 5.32 Å². The zero-order valence-corrected chi connectivity index (χ0v) is 13.8. The fraction of sp³-hybridized carbons (Fsp3) is 0.500. The number of thioether (sulfide) groups is 1. The van der Waals surface area contributed by atoms with Crippen molar-refractivity contribution in [2.24, 2.45) is 5.92 Å². The average molecular weight is 361 g/mol. The first-order valence-corrected chi connectivity index (χ1v) is 8.59. The van der Waals surface area contributed by atoms with Gasteiger partial charge in [0.1, 0.15) is 5.54 Å². The fourth-order valence-corrected chi connectivity index (χ4v) is 3.85. The first kappa shape index (κ1) is 18.6. The fourth-order valence-electron chi connectivity index (χ4n) is 2.52. The van der Waals surface area contributed by atoms with E-state index < -0.39 is 35.1 Å². The van der Waals surface area contributed by atoms with Gasteiger partial charge in [-0.1, -0.05) is 19.1 Å². The standard InChI is InChI=1S/C16H18F3NO3S/c1-10(8-11-2-4-12(5-3-11)16(17,18)19)13(21)20-15(14(22)23)6-7-24-9-15/h2-5,10H,6-9H2,1H3,(H,20,21)(H,22,23). The van der Waals surface area contributed by atoms with Crippen molar-refractivity contribution in [1.82, 2.24) is 5.32 Å². The second-order valence-corrected chi connectivity index (χ2v) is 7.08. The van der Waals surface area contributed by atoms with Gasteiger partial charge in [0.15, 0.2) is 0 Å². The molecule has 2 atom stereocenters. The minimum Gasteiger partial charge on any atom is -0.479 e. The number of rotatable bonds is 5. The highest BCUT2D eigenvalue weighted by Crippen LogP contribution is 2.30. The summed E-state index contributed by atoms with van der Waals surface area (Å²) in [6.07, 6.45) is -3.78. The van der Waals surface area contributed by atoms with Gasteiger partial charge in [-0.25, -0.2) is 4.79 Å². The highest BCUT2D eigenvalue weighted by atomic mass is 32.2. The monoisotopic (exact) mass is 361 g/mol. The van der Waals surface area contributed by atoms with Crippen molar-refractivity contribution >= 4 is 23.6 Å². The molecule has 1 saturated heterocycles. The van der Waals surface area contributed by atoms with Gasteiger partial charge < -0.3 is 10.4 Å². The van der Waals surface area contributed by atoms with E-state index in [-0.39, 0.29) is 6.42 Å². The normalized spacial score (nSPS) is 22.2. The van der Waals surface area contributed by atoms with Gasteiger partial charge in [0.25, 0.3) is 0 Å². The minimum absolute atomic E-state index is 0.243. The molecule has 2 rings (SSSR count). The maximum atomic E-state index is 12.5. The Kier molecular flexibility index (Phi) is 5.47. The lowest BCUT2D eigenvalue weighted by Crippen LogP contribution is -2.56. The third-order valence-corrected chi connectivity index (χ3v) is 5.25. The van der Waals surface area contributed by atoms with Crippen LogP contribution in [0.4, 0.5) is 13.2 Å². The number of carbonyl (C=O) groups is 2. The highest BCUT2D eigenvalue weighted by Gasteiger charge is 2.43. The zero-order chi connectivity index (χ0) is 18.0. The van der Waals surface area contributed by atoms with E-state index in [1.54, 1.807) is 6.92 Å². The van der Waals surface area contributed by atoms with Gasteiger partial charge in [-0.05, 0) is 36.3 Å². The number of carboxylic acid groups (broad SMARTS) is 1. The van der Waals surface area contributed by atoms with E-state index in [0.717, 1.165) is 12.1 Å². The number of hydrogen-bond acceptors (Lipinski definition) is 3. The van der Waals surface area contributed by atoms with Gasteiger partial charge in [-0.2, -0.15) is 24.9 Å². The molecule has 0 spiro atoms. The molecule has 1 aromatic carbocycles. The van der Waals surface area contributed by atoms with E-state index in [4.69, 9.17) is 0 Å². The Morgan fingerprint density at radius 3 is 2.42 bits per heavy atom. The van der Waals surface area contributed by atoms with Gasteiger partial charge in [-0.3, -0.25) is 4.79 Å². The van der Waals surface area contributed by atoms with Crippen LogP contribution in [0.1, 0.15) is 24.5 Å². The molecule has 0 bridgehead atoms. The lowest BCUT2D eigenvalue weighted by Gasteiger charge is -2.26. The molecule has 1 fully saturated rings. The lowest BCUT2D eigenvalue weighted by molar-refractivity contribution is -0.147. The summed E-state index contributed by atoms with van der Waals surface area (Å²) in [4.78, 5) is 23.7. The Balaban J connectivity index is 2.00. The summed E-state index contributed by atoms with van der Waals surface area (Å²) in [5.41, 5.74) is -1.39. The second kappa shape index (κ2) is 7.04. The third kappa shape index (κ3) is 4.23. The molecule has 1 aliphatic rings. The number of aliphatic carboxylic acids is 1. The van der Waals surface area contributed by atoms with Crippen LogP contribution in [0.3, 0.4) is 0 Å². The summed E-state index contributed by atoms with van der Waals surface area (Å²) in [6.45, 7) is 1.63. The molecule has 1 heterocycles. The lowest BCUT2D eigenvalue weighted by atomic mass is 9.95. The second-order valence-electron chi connectivity index (χ2n) is 5.98. The van der Waals surface area contributed by atoms with E-state index in [1.165, 1.54) is 23.9 Å². The summed E-state index contributed by atoms with van der Waals surface area (Å²) in [7, 11) is 0. The molecule has 0 aliphatic carbocycles. The third-order valence-electron chi connectivity index (χ3n) is 4.06. The van der Waals surface area contributed by atoms with Crippen molar-refractivity contribution in [2.45, 2.75) is 31.5 Å². The molecule has 8 heteroatoms. The van der Waals surface area contributed by atoms with Gasteiger partial charge in [-0.15, -0.1) is 0 Å². The van der Waals surface area contributed by atoms with E-state index >= 15 is 0 Å². The number of halogens is 3. The van der Waals surface area contributed by atoms with Crippen molar-refractivity contribution in [3.05, 3.63) is 35.4 Å². The number of benzene rings is 1. The molecule has 132 valence electrons. The van der Waals surface area contributed by atoms with Crippen molar-refractivity contribution in [3.8, 4) is 0 Å². The maximum absolute atomic E-state index is 12.5. The summed E-state index contributed by atoms with van der Waals surface area (Å²) in [5.74, 6) is -1.01. The molecule has 0 aromatic heterocycles. The molecule has 1 amide bonds. The summed E-state index contributed by atoms with van der Waals surface area (Å²) in [6, 6.07) is 4.63. The predicted octanol–water partition coefficient (Wildman–Crippen LogP) is 2.96. The average Bonchev–Trinajstić information content (AvgIpc) is 2.96. The molecule has 1 aromatic rings. The maximum Gasteiger partial charge on any atom is 0.416 e. The van der Waals surface area contributed by atoms with Gasteiger partial charge in [0.05, 0.1) is 5.56 Å². The molecule has 1 aliphatic heterocycles. The molecule has 2 N–H and O–H groups in total. The van der Waals surface area contributed by atoms with Crippen LogP contribution in [-0.2, 0) is 22.2 Å². The Hall–Kier alpha value is -1.70. The molecule has 0 radical (unpaired) electrons. The van der Waals surface area contributed by atoms with Crippen molar-refractivity contribution in [3.63, 3.8) is 0 Å². The van der Waals surface area contributed by atoms with Gasteiger partial charge in [0.2, 0.25) is 5.91 Å². The first-order valence-electron chi connectivity index (χ1n) is 7.43. The number of amides is 1. The number of carboxylic acids is 1. The summed E-state index contributed by atoms with van der Waals surface area (Å²) >= 11 is 1.47. The Morgan fingerprint density at radius 1 is 1.33 bits per heavy atom. The quantitative estimate of drug-likeness (QED) is 0.846. The van der Waals surface area contributed by atoms with Crippen LogP contribution in [0, 0.1) is 5.92 Å². The number of carbonyl (C=O) groups excluding carboxylic acids is 1.